The van der Waals surface area contributed by atoms with Crippen molar-refractivity contribution in [2.45, 2.75) is 33.2 Å². The molecular weight excluding hydrogens is 268 g/mol. The number of likely N-dealkylation sites (N-methyl/N-ethyl adjacent to an activating group) is 1. The van der Waals surface area contributed by atoms with Gasteiger partial charge in [0.15, 0.2) is 0 Å². The molecule has 0 aliphatic rings. The van der Waals surface area contributed by atoms with Gasteiger partial charge >= 0.3 is 0 Å². The molecule has 0 bridgehead atoms. The van der Waals surface area contributed by atoms with Gasteiger partial charge in [-0.3, -0.25) is 0 Å². The molecule has 1 aromatic carbocycles. The van der Waals surface area contributed by atoms with E-state index < -0.39 is 0 Å². The average molecular weight is 290 g/mol. The van der Waals surface area contributed by atoms with Gasteiger partial charge in [0.05, 0.1) is 17.8 Å². The number of rotatable bonds is 5. The Morgan fingerprint density at radius 1 is 1.30 bits per heavy atom. The lowest BCUT2D eigenvalue weighted by Gasteiger charge is -2.17. The number of nitrogens with one attached hydrogen (secondary N) is 1. The van der Waals surface area contributed by atoms with E-state index in [4.69, 9.17) is 4.74 Å². The van der Waals surface area contributed by atoms with Crippen molar-refractivity contribution in [2.24, 2.45) is 0 Å². The van der Waals surface area contributed by atoms with Gasteiger partial charge in [0.1, 0.15) is 5.75 Å². The number of aryl methyl sites for hydroxylation is 3. The Labute approximate surface area is 125 Å². The molecule has 1 atom stereocenters. The smallest absolute Gasteiger partial charge is 0.121 e. The van der Waals surface area contributed by atoms with Crippen LogP contribution in [-0.4, -0.2) is 19.1 Å². The number of methoxy groups -OCH3 is 1. The molecule has 0 amide bonds. The maximum Gasteiger partial charge on any atom is 0.121 e. The van der Waals surface area contributed by atoms with Crippen molar-refractivity contribution in [3.05, 3.63) is 44.9 Å². The van der Waals surface area contributed by atoms with Gasteiger partial charge in [-0.25, -0.2) is 4.98 Å². The summed E-state index contributed by atoms with van der Waals surface area (Å²) in [6.45, 7) is 6.27. The molecule has 108 valence electrons. The molecule has 0 aliphatic carbocycles. The summed E-state index contributed by atoms with van der Waals surface area (Å²) in [5.41, 5.74) is 3.58. The van der Waals surface area contributed by atoms with Gasteiger partial charge in [-0.05, 0) is 45.0 Å². The molecule has 0 saturated heterocycles. The zero-order valence-corrected chi connectivity index (χ0v) is 13.6. The lowest BCUT2D eigenvalue weighted by atomic mass is 10.0. The monoisotopic (exact) mass is 290 g/mol. The molecule has 0 saturated carbocycles. The largest absolute Gasteiger partial charge is 0.496 e. The average Bonchev–Trinajstić information content (AvgIpc) is 2.74. The topological polar surface area (TPSA) is 34.2 Å². The van der Waals surface area contributed by atoms with E-state index in [9.17, 15) is 0 Å². The molecule has 0 fully saturated rings. The number of aromatic nitrogens is 1. The summed E-state index contributed by atoms with van der Waals surface area (Å²) in [5.74, 6) is 0.935. The maximum absolute atomic E-state index is 5.32. The zero-order valence-electron chi connectivity index (χ0n) is 12.8. The highest BCUT2D eigenvalue weighted by molar-refractivity contribution is 7.11. The first-order valence-electron chi connectivity index (χ1n) is 6.80. The Balaban J connectivity index is 2.21. The lowest BCUT2D eigenvalue weighted by molar-refractivity contribution is 0.411. The predicted octanol–water partition coefficient (Wildman–Crippen LogP) is 3.58. The maximum atomic E-state index is 5.32. The van der Waals surface area contributed by atoms with Gasteiger partial charge in [0.2, 0.25) is 0 Å². The van der Waals surface area contributed by atoms with Gasteiger partial charge in [-0.1, -0.05) is 12.1 Å². The molecule has 4 heteroatoms. The number of hydrogen-bond acceptors (Lipinski definition) is 4. The van der Waals surface area contributed by atoms with Crippen LogP contribution < -0.4 is 10.1 Å². The van der Waals surface area contributed by atoms with Crippen molar-refractivity contribution in [1.29, 1.82) is 0 Å². The minimum Gasteiger partial charge on any atom is -0.496 e. The van der Waals surface area contributed by atoms with Crippen molar-refractivity contribution >= 4 is 11.3 Å². The molecule has 2 rings (SSSR count). The van der Waals surface area contributed by atoms with E-state index >= 15 is 0 Å². The molecule has 3 nitrogen and oxygen atoms in total. The predicted molar refractivity (Wildman–Crippen MR) is 84.8 cm³/mol. The van der Waals surface area contributed by atoms with Crippen LogP contribution in [0.2, 0.25) is 0 Å². The Bertz CT molecular complexity index is 573. The van der Waals surface area contributed by atoms with Gasteiger partial charge in [-0.15, -0.1) is 11.3 Å². The van der Waals surface area contributed by atoms with E-state index in [-0.39, 0.29) is 6.04 Å². The standard InChI is InChI=1S/C16H22N2OS/c1-10-8-13(6-7-15(10)19-5)14(17-4)9-16-18-11(2)12(3)20-16/h6-8,14,17H,9H2,1-5H3. The van der Waals surface area contributed by atoms with E-state index in [1.54, 1.807) is 18.4 Å². The second kappa shape index (κ2) is 6.37. The highest BCUT2D eigenvalue weighted by atomic mass is 32.1. The van der Waals surface area contributed by atoms with Crippen LogP contribution in [0.4, 0.5) is 0 Å². The normalized spacial score (nSPS) is 12.4. The first kappa shape index (κ1) is 15.0. The number of benzene rings is 1. The summed E-state index contributed by atoms with van der Waals surface area (Å²) in [6.07, 6.45) is 0.918. The van der Waals surface area contributed by atoms with Crippen LogP contribution in [0.3, 0.4) is 0 Å². The molecule has 1 aromatic heterocycles. The highest BCUT2D eigenvalue weighted by Gasteiger charge is 2.14. The molecule has 20 heavy (non-hydrogen) atoms. The van der Waals surface area contributed by atoms with E-state index in [0.717, 1.165) is 23.4 Å². The summed E-state index contributed by atoms with van der Waals surface area (Å²) >= 11 is 1.79. The SMILES string of the molecule is CNC(Cc1nc(C)c(C)s1)c1ccc(OC)c(C)c1. The quantitative estimate of drug-likeness (QED) is 0.914. The second-order valence-electron chi connectivity index (χ2n) is 5.02. The number of ether oxygens (including phenoxy) is 1. The summed E-state index contributed by atoms with van der Waals surface area (Å²) in [7, 11) is 3.70. The van der Waals surface area contributed by atoms with Gasteiger partial charge in [-0.2, -0.15) is 0 Å². The third kappa shape index (κ3) is 3.19. The van der Waals surface area contributed by atoms with Crippen molar-refractivity contribution in [3.63, 3.8) is 0 Å². The van der Waals surface area contributed by atoms with Crippen LogP contribution in [0.5, 0.6) is 5.75 Å². The van der Waals surface area contributed by atoms with E-state index in [0.29, 0.717) is 0 Å². The van der Waals surface area contributed by atoms with Crippen LogP contribution in [-0.2, 0) is 6.42 Å². The van der Waals surface area contributed by atoms with Gasteiger partial charge in [0.25, 0.3) is 0 Å². The van der Waals surface area contributed by atoms with Gasteiger partial charge in [0, 0.05) is 17.3 Å². The Morgan fingerprint density at radius 3 is 2.55 bits per heavy atom. The number of thiazole rings is 1. The fourth-order valence-corrected chi connectivity index (χ4v) is 3.29. The molecule has 1 N–H and O–H groups in total. The minimum atomic E-state index is 0.282. The summed E-state index contributed by atoms with van der Waals surface area (Å²) in [4.78, 5) is 5.94. The lowest BCUT2D eigenvalue weighted by Crippen LogP contribution is -2.19. The number of hydrogen-bond donors (Lipinski definition) is 1. The molecule has 2 aromatic rings. The van der Waals surface area contributed by atoms with Crippen LogP contribution in [0.1, 0.15) is 32.7 Å². The molecule has 0 spiro atoms. The van der Waals surface area contributed by atoms with Crippen molar-refractivity contribution in [1.82, 2.24) is 10.3 Å². The molecular formula is C16H22N2OS. The summed E-state index contributed by atoms with van der Waals surface area (Å²) in [6, 6.07) is 6.63. The summed E-state index contributed by atoms with van der Waals surface area (Å²) < 4.78 is 5.32. The third-order valence-corrected chi connectivity index (χ3v) is 4.72. The first-order valence-corrected chi connectivity index (χ1v) is 7.61. The molecule has 0 aliphatic heterocycles. The van der Waals surface area contributed by atoms with Crippen LogP contribution in [0.15, 0.2) is 18.2 Å². The van der Waals surface area contributed by atoms with Gasteiger partial charge < -0.3 is 10.1 Å². The first-order chi connectivity index (χ1) is 9.55. The summed E-state index contributed by atoms with van der Waals surface area (Å²) in [5, 5.41) is 4.57. The molecule has 1 heterocycles. The van der Waals surface area contributed by atoms with Crippen molar-refractivity contribution in [3.8, 4) is 5.75 Å². The Morgan fingerprint density at radius 2 is 2.05 bits per heavy atom. The van der Waals surface area contributed by atoms with E-state index in [1.807, 2.05) is 13.1 Å². The second-order valence-corrected chi connectivity index (χ2v) is 6.31. The van der Waals surface area contributed by atoms with Crippen molar-refractivity contribution < 1.29 is 4.74 Å². The van der Waals surface area contributed by atoms with E-state index in [1.165, 1.54) is 15.4 Å². The minimum absolute atomic E-state index is 0.282. The highest BCUT2D eigenvalue weighted by Crippen LogP contribution is 2.26. The van der Waals surface area contributed by atoms with Crippen molar-refractivity contribution in [2.75, 3.05) is 14.2 Å². The molecule has 0 radical (unpaired) electrons. The molecule has 1 unspecified atom stereocenters. The zero-order chi connectivity index (χ0) is 14.7. The Kier molecular flexibility index (Phi) is 4.78. The fraction of sp³-hybridized carbons (Fsp3) is 0.438. The van der Waals surface area contributed by atoms with Crippen LogP contribution >= 0.6 is 11.3 Å². The Hall–Kier alpha value is -1.39. The fourth-order valence-electron chi connectivity index (χ4n) is 2.31. The van der Waals surface area contributed by atoms with Crippen LogP contribution in [0.25, 0.3) is 0 Å². The number of nitrogens with zero attached hydrogens (tertiary/aromatic N) is 1. The van der Waals surface area contributed by atoms with E-state index in [2.05, 4.69) is 43.2 Å². The van der Waals surface area contributed by atoms with Crippen LogP contribution in [0, 0.1) is 20.8 Å². The third-order valence-electron chi connectivity index (χ3n) is 3.62.